The summed E-state index contributed by atoms with van der Waals surface area (Å²) in [6, 6.07) is 5.30. The molecule has 1 amide bonds. The Bertz CT molecular complexity index is 657. The predicted molar refractivity (Wildman–Crippen MR) is 66.6 cm³/mol. The maximum Gasteiger partial charge on any atom is 0.270 e. The molecular weight excluding hydrogens is 230 g/mol. The van der Waals surface area contributed by atoms with Gasteiger partial charge in [0.2, 0.25) is 0 Å². The second kappa shape index (κ2) is 4.25. The second-order valence-corrected chi connectivity index (χ2v) is 4.41. The van der Waals surface area contributed by atoms with Crippen LogP contribution in [0.4, 0.5) is 0 Å². The number of rotatable bonds is 1. The van der Waals surface area contributed by atoms with E-state index in [4.69, 9.17) is 0 Å². The fraction of sp³-hybridized carbons (Fsp3) is 0.308. The first kappa shape index (κ1) is 11.0. The van der Waals surface area contributed by atoms with E-state index < -0.39 is 0 Å². The number of aromatic nitrogens is 2. The van der Waals surface area contributed by atoms with Gasteiger partial charge >= 0.3 is 0 Å². The monoisotopic (exact) mass is 243 g/mol. The van der Waals surface area contributed by atoms with E-state index in [1.807, 2.05) is 6.07 Å². The van der Waals surface area contributed by atoms with Gasteiger partial charge in [-0.1, -0.05) is 6.07 Å². The molecule has 5 heteroatoms. The van der Waals surface area contributed by atoms with Crippen LogP contribution in [0.1, 0.15) is 23.2 Å². The van der Waals surface area contributed by atoms with E-state index in [2.05, 4.69) is 4.98 Å². The Labute approximate surface area is 104 Å². The molecule has 92 valence electrons. The van der Waals surface area contributed by atoms with Crippen LogP contribution in [0.5, 0.6) is 0 Å². The maximum atomic E-state index is 12.2. The summed E-state index contributed by atoms with van der Waals surface area (Å²) in [6.07, 6.45) is 5.03. The summed E-state index contributed by atoms with van der Waals surface area (Å²) in [7, 11) is 0. The maximum absolute atomic E-state index is 12.2. The molecule has 1 aliphatic heterocycles. The van der Waals surface area contributed by atoms with Crippen molar-refractivity contribution in [2.45, 2.75) is 12.8 Å². The van der Waals surface area contributed by atoms with Gasteiger partial charge in [0.15, 0.2) is 0 Å². The fourth-order valence-corrected chi connectivity index (χ4v) is 2.26. The molecule has 0 N–H and O–H groups in total. The van der Waals surface area contributed by atoms with Crippen molar-refractivity contribution in [3.05, 3.63) is 46.5 Å². The quantitative estimate of drug-likeness (QED) is 0.748. The van der Waals surface area contributed by atoms with E-state index in [1.165, 1.54) is 10.6 Å². The molecule has 3 rings (SSSR count). The van der Waals surface area contributed by atoms with Gasteiger partial charge in [0, 0.05) is 25.5 Å². The number of amides is 1. The van der Waals surface area contributed by atoms with Crippen LogP contribution in [0.15, 0.2) is 35.4 Å². The Morgan fingerprint density at radius 3 is 2.78 bits per heavy atom. The zero-order valence-electron chi connectivity index (χ0n) is 9.87. The van der Waals surface area contributed by atoms with Gasteiger partial charge in [0.25, 0.3) is 11.5 Å². The van der Waals surface area contributed by atoms with Gasteiger partial charge in [-0.25, -0.2) is 4.98 Å². The summed E-state index contributed by atoms with van der Waals surface area (Å²) in [5.41, 5.74) is 0.415. The fourth-order valence-electron chi connectivity index (χ4n) is 2.26. The number of carbonyl (C=O) groups is 1. The summed E-state index contributed by atoms with van der Waals surface area (Å²) >= 11 is 0. The lowest BCUT2D eigenvalue weighted by Gasteiger charge is -2.14. The topological polar surface area (TPSA) is 54.7 Å². The molecular formula is C13H13N3O2. The number of fused-ring (bicyclic) bond motifs is 1. The van der Waals surface area contributed by atoms with Crippen LogP contribution in [-0.2, 0) is 0 Å². The molecule has 1 saturated heterocycles. The van der Waals surface area contributed by atoms with E-state index in [0.717, 1.165) is 25.9 Å². The molecule has 18 heavy (non-hydrogen) atoms. The molecule has 1 aliphatic rings. The van der Waals surface area contributed by atoms with Crippen LogP contribution < -0.4 is 5.56 Å². The van der Waals surface area contributed by atoms with Crippen molar-refractivity contribution in [2.75, 3.05) is 13.1 Å². The van der Waals surface area contributed by atoms with E-state index in [-0.39, 0.29) is 17.0 Å². The van der Waals surface area contributed by atoms with Gasteiger partial charge in [0.05, 0.1) is 0 Å². The molecule has 1 fully saturated rings. The zero-order valence-corrected chi connectivity index (χ0v) is 9.87. The molecule has 2 aromatic heterocycles. The van der Waals surface area contributed by atoms with Crippen molar-refractivity contribution in [1.29, 1.82) is 0 Å². The summed E-state index contributed by atoms with van der Waals surface area (Å²) in [5.74, 6) is -0.205. The molecule has 0 spiro atoms. The Balaban J connectivity index is 2.09. The third-order valence-corrected chi connectivity index (χ3v) is 3.24. The lowest BCUT2D eigenvalue weighted by atomic mass is 10.3. The minimum absolute atomic E-state index is 0.153. The van der Waals surface area contributed by atoms with Gasteiger partial charge in [-0.3, -0.25) is 14.0 Å². The molecule has 0 atom stereocenters. The number of hydrogen-bond donors (Lipinski definition) is 0. The lowest BCUT2D eigenvalue weighted by Crippen LogP contribution is -2.33. The molecule has 0 bridgehead atoms. The van der Waals surface area contributed by atoms with E-state index in [9.17, 15) is 9.59 Å². The average molecular weight is 243 g/mol. The normalized spacial score (nSPS) is 15.2. The third kappa shape index (κ3) is 1.68. The SMILES string of the molecule is O=C(c1cnc2ccccn2c1=O)N1CCCC1. The Morgan fingerprint density at radius 2 is 2.00 bits per heavy atom. The number of pyridine rings is 1. The Kier molecular flexibility index (Phi) is 2.59. The number of likely N-dealkylation sites (tertiary alicyclic amines) is 1. The van der Waals surface area contributed by atoms with Crippen molar-refractivity contribution in [1.82, 2.24) is 14.3 Å². The van der Waals surface area contributed by atoms with Crippen molar-refractivity contribution < 1.29 is 4.79 Å². The summed E-state index contributed by atoms with van der Waals surface area (Å²) in [6.45, 7) is 1.46. The second-order valence-electron chi connectivity index (χ2n) is 4.41. The van der Waals surface area contributed by atoms with Gasteiger partial charge in [-0.05, 0) is 25.0 Å². The van der Waals surface area contributed by atoms with Crippen LogP contribution in [0.25, 0.3) is 5.65 Å². The zero-order chi connectivity index (χ0) is 12.5. The van der Waals surface area contributed by atoms with Crippen LogP contribution >= 0.6 is 0 Å². The summed E-state index contributed by atoms with van der Waals surface area (Å²) in [4.78, 5) is 30.3. The first-order valence-corrected chi connectivity index (χ1v) is 6.03. The number of carbonyl (C=O) groups excluding carboxylic acids is 1. The van der Waals surface area contributed by atoms with Crippen molar-refractivity contribution in [3.8, 4) is 0 Å². The van der Waals surface area contributed by atoms with E-state index >= 15 is 0 Å². The first-order chi connectivity index (χ1) is 8.77. The predicted octanol–water partition coefficient (Wildman–Crippen LogP) is 0.930. The molecule has 0 aromatic carbocycles. The molecule has 2 aromatic rings. The van der Waals surface area contributed by atoms with Gasteiger partial charge in [-0.2, -0.15) is 0 Å². The Morgan fingerprint density at radius 1 is 1.22 bits per heavy atom. The molecule has 0 radical (unpaired) electrons. The number of hydrogen-bond acceptors (Lipinski definition) is 3. The summed E-state index contributed by atoms with van der Waals surface area (Å²) in [5, 5.41) is 0. The molecule has 5 nitrogen and oxygen atoms in total. The highest BCUT2D eigenvalue weighted by Crippen LogP contribution is 2.10. The molecule has 3 heterocycles. The Hall–Kier alpha value is -2.17. The van der Waals surface area contributed by atoms with Gasteiger partial charge < -0.3 is 4.90 Å². The molecule has 0 aliphatic carbocycles. The highest BCUT2D eigenvalue weighted by Gasteiger charge is 2.22. The lowest BCUT2D eigenvalue weighted by molar-refractivity contribution is 0.0790. The largest absolute Gasteiger partial charge is 0.338 e. The van der Waals surface area contributed by atoms with Gasteiger partial charge in [-0.15, -0.1) is 0 Å². The van der Waals surface area contributed by atoms with E-state index in [0.29, 0.717) is 5.65 Å². The van der Waals surface area contributed by atoms with Gasteiger partial charge in [0.1, 0.15) is 11.2 Å². The summed E-state index contributed by atoms with van der Waals surface area (Å²) < 4.78 is 1.41. The number of nitrogens with zero attached hydrogens (tertiary/aromatic N) is 3. The highest BCUT2D eigenvalue weighted by atomic mass is 16.2. The third-order valence-electron chi connectivity index (χ3n) is 3.24. The van der Waals surface area contributed by atoms with Crippen LogP contribution in [0.3, 0.4) is 0 Å². The van der Waals surface area contributed by atoms with Crippen LogP contribution in [0, 0.1) is 0 Å². The van der Waals surface area contributed by atoms with Crippen molar-refractivity contribution in [2.24, 2.45) is 0 Å². The van der Waals surface area contributed by atoms with Crippen molar-refractivity contribution >= 4 is 11.6 Å². The smallest absolute Gasteiger partial charge is 0.270 e. The molecule has 0 saturated carbocycles. The van der Waals surface area contributed by atoms with E-state index in [1.54, 1.807) is 23.2 Å². The first-order valence-electron chi connectivity index (χ1n) is 6.03. The average Bonchev–Trinajstić information content (AvgIpc) is 2.93. The minimum Gasteiger partial charge on any atom is -0.338 e. The van der Waals surface area contributed by atoms with Crippen molar-refractivity contribution in [3.63, 3.8) is 0 Å². The standard InChI is InChI=1S/C13H13N3O2/c17-12(15-6-3-4-7-15)10-9-14-11-5-1-2-8-16(11)13(10)18/h1-2,5,8-9H,3-4,6-7H2. The van der Waals surface area contributed by atoms with Crippen LogP contribution in [0.2, 0.25) is 0 Å². The molecule has 0 unspecified atom stereocenters. The van der Waals surface area contributed by atoms with Crippen LogP contribution in [-0.4, -0.2) is 33.3 Å². The minimum atomic E-state index is -0.294. The highest BCUT2D eigenvalue weighted by molar-refractivity contribution is 5.93.